The summed E-state index contributed by atoms with van der Waals surface area (Å²) in [6.45, 7) is 6.55. The molecule has 20 heavy (non-hydrogen) atoms. The van der Waals surface area contributed by atoms with Crippen LogP contribution in [0, 0.1) is 0 Å². The maximum Gasteiger partial charge on any atom is 0.287 e. The van der Waals surface area contributed by atoms with Crippen LogP contribution in [0.15, 0.2) is 23.6 Å². The molecule has 1 N–H and O–H groups in total. The van der Waals surface area contributed by atoms with Gasteiger partial charge < -0.3 is 15.0 Å². The second-order valence-electron chi connectivity index (χ2n) is 4.49. The van der Waals surface area contributed by atoms with Crippen LogP contribution in [-0.4, -0.2) is 55.1 Å². The Bertz CT molecular complexity index is 488. The molecule has 0 atom stereocenters. The van der Waals surface area contributed by atoms with Crippen molar-refractivity contribution in [2.45, 2.75) is 6.54 Å². The maximum absolute atomic E-state index is 11.8. The molecule has 0 saturated heterocycles. The predicted octanol–water partition coefficient (Wildman–Crippen LogP) is 1.07. The Hall–Kier alpha value is -1.37. The van der Waals surface area contributed by atoms with Gasteiger partial charge in [0.25, 0.3) is 5.56 Å². The Morgan fingerprint density at radius 2 is 2.30 bits per heavy atom. The van der Waals surface area contributed by atoms with Crippen molar-refractivity contribution in [3.05, 3.63) is 34.2 Å². The topological polar surface area (TPSA) is 59.4 Å². The molecule has 1 heterocycles. The summed E-state index contributed by atoms with van der Waals surface area (Å²) in [5, 5.41) is 7.18. The van der Waals surface area contributed by atoms with Gasteiger partial charge in [-0.25, -0.2) is 4.68 Å². The highest BCUT2D eigenvalue weighted by Crippen LogP contribution is 2.14. The van der Waals surface area contributed by atoms with Crippen LogP contribution in [0.3, 0.4) is 0 Å². The van der Waals surface area contributed by atoms with Gasteiger partial charge in [-0.2, -0.15) is 5.10 Å². The molecule has 1 aromatic rings. The molecule has 0 unspecified atom stereocenters. The predicted molar refractivity (Wildman–Crippen MR) is 81.6 cm³/mol. The Labute approximate surface area is 124 Å². The van der Waals surface area contributed by atoms with E-state index in [2.05, 4.69) is 17.0 Å². The molecule has 0 aliphatic carbocycles. The molecular formula is C13H21ClN4O2. The number of likely N-dealkylation sites (N-methyl/N-ethyl adjacent to an activating group) is 1. The molecule has 0 aromatic carbocycles. The summed E-state index contributed by atoms with van der Waals surface area (Å²) in [5.74, 6) is 0. The van der Waals surface area contributed by atoms with Gasteiger partial charge in [0, 0.05) is 13.1 Å². The summed E-state index contributed by atoms with van der Waals surface area (Å²) in [6, 6.07) is 0. The summed E-state index contributed by atoms with van der Waals surface area (Å²) in [7, 11) is 3.98. The summed E-state index contributed by atoms with van der Waals surface area (Å²) in [5.41, 5.74) is 0.193. The van der Waals surface area contributed by atoms with Crippen LogP contribution >= 0.6 is 11.6 Å². The van der Waals surface area contributed by atoms with Gasteiger partial charge in [0.1, 0.15) is 5.02 Å². The third-order valence-corrected chi connectivity index (χ3v) is 2.90. The highest BCUT2D eigenvalue weighted by Gasteiger charge is 2.07. The largest absolute Gasteiger partial charge is 0.380 e. The molecule has 0 spiro atoms. The molecule has 6 nitrogen and oxygen atoms in total. The number of aromatic nitrogens is 2. The van der Waals surface area contributed by atoms with E-state index in [1.165, 1.54) is 10.9 Å². The van der Waals surface area contributed by atoms with E-state index < -0.39 is 0 Å². The lowest BCUT2D eigenvalue weighted by Gasteiger charge is -2.11. The first-order chi connectivity index (χ1) is 9.56. The van der Waals surface area contributed by atoms with Gasteiger partial charge in [-0.15, -0.1) is 6.58 Å². The molecule has 0 bridgehead atoms. The SMILES string of the molecule is C=CCn1ncc(NCCOCCN(C)C)c(Cl)c1=O. The highest BCUT2D eigenvalue weighted by atomic mass is 35.5. The average molecular weight is 301 g/mol. The van der Waals surface area contributed by atoms with Crippen LogP contribution in [0.25, 0.3) is 0 Å². The Balaban J connectivity index is 2.43. The number of halogens is 1. The molecule has 0 amide bonds. The van der Waals surface area contributed by atoms with Crippen LogP contribution in [0.1, 0.15) is 0 Å². The lowest BCUT2D eigenvalue weighted by atomic mass is 10.4. The average Bonchev–Trinajstić information content (AvgIpc) is 2.41. The van der Waals surface area contributed by atoms with Crippen molar-refractivity contribution < 1.29 is 4.74 Å². The molecule has 1 rings (SSSR count). The number of anilines is 1. The smallest absolute Gasteiger partial charge is 0.287 e. The lowest BCUT2D eigenvalue weighted by molar-refractivity contribution is 0.126. The lowest BCUT2D eigenvalue weighted by Crippen LogP contribution is -2.24. The van der Waals surface area contributed by atoms with Crippen molar-refractivity contribution in [2.75, 3.05) is 45.7 Å². The van der Waals surface area contributed by atoms with Crippen molar-refractivity contribution in [3.8, 4) is 0 Å². The highest BCUT2D eigenvalue weighted by molar-refractivity contribution is 6.32. The van der Waals surface area contributed by atoms with E-state index in [9.17, 15) is 4.79 Å². The second kappa shape index (κ2) is 8.73. The van der Waals surface area contributed by atoms with Crippen LogP contribution in [0.2, 0.25) is 5.02 Å². The number of nitrogens with one attached hydrogen (secondary N) is 1. The Kier molecular flexibility index (Phi) is 7.28. The Morgan fingerprint density at radius 1 is 1.55 bits per heavy atom. The fourth-order valence-corrected chi connectivity index (χ4v) is 1.66. The monoisotopic (exact) mass is 300 g/mol. The molecule has 1 aromatic heterocycles. The second-order valence-corrected chi connectivity index (χ2v) is 4.87. The van der Waals surface area contributed by atoms with Crippen LogP contribution < -0.4 is 10.9 Å². The minimum atomic E-state index is -0.329. The summed E-state index contributed by atoms with van der Waals surface area (Å²) in [4.78, 5) is 13.9. The first-order valence-electron chi connectivity index (χ1n) is 6.39. The van der Waals surface area contributed by atoms with Crippen LogP contribution in [0.5, 0.6) is 0 Å². The molecule has 0 aliphatic rings. The van der Waals surface area contributed by atoms with Gasteiger partial charge in [-0.1, -0.05) is 17.7 Å². The van der Waals surface area contributed by atoms with Crippen molar-refractivity contribution in [2.24, 2.45) is 0 Å². The van der Waals surface area contributed by atoms with Gasteiger partial charge in [0.15, 0.2) is 0 Å². The zero-order valence-electron chi connectivity index (χ0n) is 11.9. The number of rotatable bonds is 9. The number of hydrogen-bond acceptors (Lipinski definition) is 5. The summed E-state index contributed by atoms with van der Waals surface area (Å²) >= 11 is 6.00. The number of nitrogens with zero attached hydrogens (tertiary/aromatic N) is 3. The van der Waals surface area contributed by atoms with Crippen molar-refractivity contribution in [1.29, 1.82) is 0 Å². The van der Waals surface area contributed by atoms with E-state index in [0.717, 1.165) is 6.54 Å². The van der Waals surface area contributed by atoms with Crippen molar-refractivity contribution >= 4 is 17.3 Å². The molecule has 112 valence electrons. The third-order valence-electron chi connectivity index (χ3n) is 2.53. The van der Waals surface area contributed by atoms with Gasteiger partial charge in [0.2, 0.25) is 0 Å². The van der Waals surface area contributed by atoms with E-state index in [-0.39, 0.29) is 10.6 Å². The van der Waals surface area contributed by atoms with E-state index in [1.807, 2.05) is 19.0 Å². The first kappa shape index (κ1) is 16.7. The van der Waals surface area contributed by atoms with Gasteiger partial charge in [-0.05, 0) is 14.1 Å². The Morgan fingerprint density at radius 3 is 2.95 bits per heavy atom. The van der Waals surface area contributed by atoms with Gasteiger partial charge >= 0.3 is 0 Å². The quantitative estimate of drug-likeness (QED) is 0.546. The fraction of sp³-hybridized carbons (Fsp3) is 0.538. The van der Waals surface area contributed by atoms with Gasteiger partial charge in [-0.3, -0.25) is 4.79 Å². The number of ether oxygens (including phenoxy) is 1. The first-order valence-corrected chi connectivity index (χ1v) is 6.77. The number of allylic oxidation sites excluding steroid dienone is 1. The molecule has 0 aliphatic heterocycles. The minimum absolute atomic E-state index is 0.134. The van der Waals surface area contributed by atoms with Gasteiger partial charge in [0.05, 0.1) is 31.6 Å². The van der Waals surface area contributed by atoms with E-state index in [4.69, 9.17) is 16.3 Å². The molecule has 0 fully saturated rings. The third kappa shape index (κ3) is 5.32. The maximum atomic E-state index is 11.8. The zero-order chi connectivity index (χ0) is 15.0. The molecule has 0 radical (unpaired) electrons. The van der Waals surface area contributed by atoms with E-state index in [0.29, 0.717) is 32.0 Å². The van der Waals surface area contributed by atoms with E-state index in [1.54, 1.807) is 6.08 Å². The van der Waals surface area contributed by atoms with Crippen LogP contribution in [-0.2, 0) is 11.3 Å². The molecule has 0 saturated carbocycles. The van der Waals surface area contributed by atoms with E-state index >= 15 is 0 Å². The normalized spacial score (nSPS) is 10.8. The fourth-order valence-electron chi connectivity index (χ4n) is 1.45. The molecular weight excluding hydrogens is 280 g/mol. The van der Waals surface area contributed by atoms with Crippen LogP contribution in [0.4, 0.5) is 5.69 Å². The summed E-state index contributed by atoms with van der Waals surface area (Å²) in [6.07, 6.45) is 3.13. The minimum Gasteiger partial charge on any atom is -0.380 e. The van der Waals surface area contributed by atoms with Crippen molar-refractivity contribution in [3.63, 3.8) is 0 Å². The summed E-state index contributed by atoms with van der Waals surface area (Å²) < 4.78 is 6.69. The zero-order valence-corrected chi connectivity index (χ0v) is 12.7. The standard InChI is InChI=1S/C13H21ClN4O2/c1-4-6-18-13(19)12(14)11(10-16-18)15-5-8-20-9-7-17(2)3/h4,10,15H,1,5-9H2,2-3H3. The van der Waals surface area contributed by atoms with Crippen molar-refractivity contribution in [1.82, 2.24) is 14.7 Å². The molecule has 7 heteroatoms. The number of hydrogen-bond donors (Lipinski definition) is 1.